The summed E-state index contributed by atoms with van der Waals surface area (Å²) in [4.78, 5) is 23.4. The molecule has 9 nitrogen and oxygen atoms in total. The number of nitrogens with one attached hydrogen (secondary N) is 3. The van der Waals surface area contributed by atoms with Crippen LogP contribution in [0.2, 0.25) is 0 Å². The molecule has 2 saturated heterocycles. The van der Waals surface area contributed by atoms with Crippen LogP contribution in [0.3, 0.4) is 0 Å². The molecule has 0 aliphatic carbocycles. The molecule has 5 heterocycles. The van der Waals surface area contributed by atoms with Crippen LogP contribution in [0, 0.1) is 5.41 Å². The number of benzene rings is 1. The fraction of sp³-hybridized carbons (Fsp3) is 0.478. The highest BCUT2D eigenvalue weighted by molar-refractivity contribution is 5.80. The largest absolute Gasteiger partial charge is 0.385 e. The van der Waals surface area contributed by atoms with Gasteiger partial charge in [0.2, 0.25) is 11.9 Å². The summed E-state index contributed by atoms with van der Waals surface area (Å²) < 4.78 is 1.77. The Bertz CT molecular complexity index is 1220. The van der Waals surface area contributed by atoms with Crippen LogP contribution >= 0.6 is 0 Å². The number of amides is 1. The number of rotatable bonds is 3. The molecule has 3 aromatic rings. The Morgan fingerprint density at radius 1 is 1.19 bits per heavy atom. The Hall–Kier alpha value is -3.36. The van der Waals surface area contributed by atoms with Crippen LogP contribution < -0.4 is 20.9 Å². The van der Waals surface area contributed by atoms with Crippen LogP contribution in [0.5, 0.6) is 0 Å². The van der Waals surface area contributed by atoms with Crippen molar-refractivity contribution in [3.8, 4) is 0 Å². The Balaban J connectivity index is 1.27. The van der Waals surface area contributed by atoms with E-state index in [2.05, 4.69) is 63.0 Å². The molecule has 3 aliphatic rings. The van der Waals surface area contributed by atoms with Crippen molar-refractivity contribution < 1.29 is 4.79 Å². The van der Waals surface area contributed by atoms with Gasteiger partial charge in [0, 0.05) is 61.8 Å². The third-order valence-corrected chi connectivity index (χ3v) is 7.24. The minimum Gasteiger partial charge on any atom is -0.385 e. The van der Waals surface area contributed by atoms with Crippen LogP contribution in [0.4, 0.5) is 23.1 Å². The van der Waals surface area contributed by atoms with Crippen LogP contribution in [0.15, 0.2) is 30.6 Å². The highest BCUT2D eigenvalue weighted by Gasteiger charge is 2.44. The van der Waals surface area contributed by atoms with Gasteiger partial charge in [-0.25, -0.2) is 9.50 Å². The van der Waals surface area contributed by atoms with Crippen molar-refractivity contribution in [3.05, 3.63) is 36.2 Å². The van der Waals surface area contributed by atoms with Crippen molar-refractivity contribution >= 4 is 34.7 Å². The first kappa shape index (κ1) is 19.3. The minimum atomic E-state index is 0.0105. The van der Waals surface area contributed by atoms with E-state index in [1.807, 2.05) is 6.20 Å². The molecule has 1 spiro atoms. The molecular weight excluding hydrogens is 404 g/mol. The Morgan fingerprint density at radius 2 is 2.09 bits per heavy atom. The lowest BCUT2D eigenvalue weighted by molar-refractivity contribution is -0.119. The highest BCUT2D eigenvalue weighted by atomic mass is 16.1. The Kier molecular flexibility index (Phi) is 4.12. The SMILES string of the molecule is CC1(C)CCNc2cc(Nc3nc4c(N5CC[C@]6(CNC(=O)C6)C5)nccn4n3)ccc21. The van der Waals surface area contributed by atoms with Crippen molar-refractivity contribution in [1.82, 2.24) is 24.9 Å². The molecule has 6 rings (SSSR count). The first-order chi connectivity index (χ1) is 15.4. The molecule has 9 heteroatoms. The second kappa shape index (κ2) is 6.82. The lowest BCUT2D eigenvalue weighted by Gasteiger charge is -2.33. The molecule has 32 heavy (non-hydrogen) atoms. The summed E-state index contributed by atoms with van der Waals surface area (Å²) in [6, 6.07) is 6.41. The summed E-state index contributed by atoms with van der Waals surface area (Å²) in [5, 5.41) is 14.5. The summed E-state index contributed by atoms with van der Waals surface area (Å²) in [6.45, 7) is 7.97. The standard InChI is InChI=1S/C23H28N8O/c1-22(2)5-7-24-17-11-15(3-4-16(17)22)27-21-28-20-19(25-8-10-31(20)29-21)30-9-6-23(14-30)12-18(32)26-13-23/h3-4,8,10-11,24H,5-7,9,12-14H2,1-2H3,(H,26,32)(H,27,29)/t23-/m0/s1. The smallest absolute Gasteiger partial charge is 0.247 e. The average molecular weight is 433 g/mol. The lowest BCUT2D eigenvalue weighted by Crippen LogP contribution is -2.29. The van der Waals surface area contributed by atoms with Gasteiger partial charge in [0.05, 0.1) is 0 Å². The number of fused-ring (bicyclic) bond motifs is 2. The highest BCUT2D eigenvalue weighted by Crippen LogP contribution is 2.40. The summed E-state index contributed by atoms with van der Waals surface area (Å²) in [5.41, 5.74) is 4.37. The second-order valence-corrected chi connectivity index (χ2v) is 10.0. The van der Waals surface area contributed by atoms with E-state index in [1.54, 1.807) is 10.7 Å². The van der Waals surface area contributed by atoms with E-state index in [4.69, 9.17) is 4.98 Å². The molecule has 0 saturated carbocycles. The van der Waals surface area contributed by atoms with E-state index in [-0.39, 0.29) is 16.7 Å². The van der Waals surface area contributed by atoms with Crippen molar-refractivity contribution in [2.75, 3.05) is 41.7 Å². The minimum absolute atomic E-state index is 0.0105. The molecule has 1 aromatic carbocycles. The zero-order valence-corrected chi connectivity index (χ0v) is 18.5. The Morgan fingerprint density at radius 3 is 2.94 bits per heavy atom. The van der Waals surface area contributed by atoms with Gasteiger partial charge in [-0.3, -0.25) is 4.79 Å². The van der Waals surface area contributed by atoms with Crippen LogP contribution in [0.1, 0.15) is 38.7 Å². The number of hydrogen-bond donors (Lipinski definition) is 3. The zero-order valence-electron chi connectivity index (χ0n) is 18.5. The normalized spacial score (nSPS) is 23.9. The van der Waals surface area contributed by atoms with Crippen LogP contribution in [-0.4, -0.2) is 51.7 Å². The maximum Gasteiger partial charge on any atom is 0.247 e. The zero-order chi connectivity index (χ0) is 21.9. The number of anilines is 4. The van der Waals surface area contributed by atoms with E-state index < -0.39 is 0 Å². The van der Waals surface area contributed by atoms with Gasteiger partial charge in [0.25, 0.3) is 0 Å². The van der Waals surface area contributed by atoms with E-state index in [0.29, 0.717) is 12.4 Å². The topological polar surface area (TPSA) is 99.5 Å². The van der Waals surface area contributed by atoms with Crippen molar-refractivity contribution in [2.45, 2.75) is 38.5 Å². The fourth-order valence-corrected chi connectivity index (χ4v) is 5.37. The fourth-order valence-electron chi connectivity index (χ4n) is 5.37. The van der Waals surface area contributed by atoms with E-state index in [9.17, 15) is 4.79 Å². The van der Waals surface area contributed by atoms with E-state index in [1.165, 1.54) is 11.3 Å². The molecule has 1 amide bonds. The quantitative estimate of drug-likeness (QED) is 0.585. The molecule has 0 bridgehead atoms. The van der Waals surface area contributed by atoms with E-state index >= 15 is 0 Å². The van der Waals surface area contributed by atoms with Gasteiger partial charge in [-0.1, -0.05) is 19.9 Å². The maximum atomic E-state index is 11.8. The molecule has 2 fully saturated rings. The van der Waals surface area contributed by atoms with Gasteiger partial charge in [0.15, 0.2) is 11.5 Å². The first-order valence-electron chi connectivity index (χ1n) is 11.3. The predicted octanol–water partition coefficient (Wildman–Crippen LogP) is 2.68. The summed E-state index contributed by atoms with van der Waals surface area (Å²) in [5.74, 6) is 1.51. The predicted molar refractivity (Wildman–Crippen MR) is 124 cm³/mol. The molecule has 3 N–H and O–H groups in total. The average Bonchev–Trinajstić information content (AvgIpc) is 3.46. The van der Waals surface area contributed by atoms with Crippen LogP contribution in [-0.2, 0) is 10.2 Å². The maximum absolute atomic E-state index is 11.8. The summed E-state index contributed by atoms with van der Waals surface area (Å²) in [6.07, 6.45) is 6.27. The monoisotopic (exact) mass is 432 g/mol. The van der Waals surface area contributed by atoms with Gasteiger partial charge in [-0.15, -0.1) is 5.10 Å². The number of carbonyl (C=O) groups is 1. The van der Waals surface area contributed by atoms with Crippen molar-refractivity contribution in [1.29, 1.82) is 0 Å². The third kappa shape index (κ3) is 3.14. The molecular formula is C23H28N8O. The number of carbonyl (C=O) groups excluding carboxylic acids is 1. The first-order valence-corrected chi connectivity index (χ1v) is 11.3. The van der Waals surface area contributed by atoms with Gasteiger partial charge in [-0.05, 0) is 36.0 Å². The molecule has 0 radical (unpaired) electrons. The van der Waals surface area contributed by atoms with Gasteiger partial charge < -0.3 is 20.9 Å². The number of nitrogens with zero attached hydrogens (tertiary/aromatic N) is 5. The number of hydrogen-bond acceptors (Lipinski definition) is 7. The van der Waals surface area contributed by atoms with E-state index in [0.717, 1.165) is 56.2 Å². The van der Waals surface area contributed by atoms with Gasteiger partial charge in [-0.2, -0.15) is 4.98 Å². The summed E-state index contributed by atoms with van der Waals surface area (Å²) >= 11 is 0. The molecule has 3 aliphatic heterocycles. The second-order valence-electron chi connectivity index (χ2n) is 10.0. The third-order valence-electron chi connectivity index (χ3n) is 7.24. The molecule has 0 unspecified atom stereocenters. The number of aromatic nitrogens is 4. The van der Waals surface area contributed by atoms with Gasteiger partial charge >= 0.3 is 0 Å². The Labute approximate surface area is 186 Å². The lowest BCUT2D eigenvalue weighted by atomic mass is 9.78. The van der Waals surface area contributed by atoms with Crippen molar-refractivity contribution in [2.24, 2.45) is 5.41 Å². The summed E-state index contributed by atoms with van der Waals surface area (Å²) in [7, 11) is 0. The molecule has 166 valence electrons. The molecule has 1 atom stereocenters. The molecule has 2 aromatic heterocycles. The van der Waals surface area contributed by atoms with Crippen molar-refractivity contribution in [3.63, 3.8) is 0 Å². The van der Waals surface area contributed by atoms with Gasteiger partial charge in [0.1, 0.15) is 0 Å². The van der Waals surface area contributed by atoms with Crippen LogP contribution in [0.25, 0.3) is 5.65 Å².